The first-order valence-corrected chi connectivity index (χ1v) is 7.80. The number of aromatic nitrogens is 1. The van der Waals surface area contributed by atoms with Crippen LogP contribution in [0.4, 0.5) is 5.82 Å². The minimum atomic E-state index is 0.432. The van der Waals surface area contributed by atoms with Crippen molar-refractivity contribution in [1.82, 2.24) is 10.3 Å². The molecule has 0 amide bonds. The quantitative estimate of drug-likeness (QED) is 0.776. The second kappa shape index (κ2) is 8.04. The molecule has 1 fully saturated rings. The normalized spacial score (nSPS) is 16.5. The molecule has 0 aromatic carbocycles. The first-order chi connectivity index (χ1) is 9.25. The lowest BCUT2D eigenvalue weighted by molar-refractivity contribution is 0.0329. The lowest BCUT2D eigenvalue weighted by Crippen LogP contribution is -2.32. The topological polar surface area (TPSA) is 46.2 Å². The summed E-state index contributed by atoms with van der Waals surface area (Å²) >= 11 is 9.27. The number of pyridine rings is 1. The molecule has 4 nitrogen and oxygen atoms in total. The molecule has 1 aliphatic rings. The third-order valence-corrected chi connectivity index (χ3v) is 3.87. The third-order valence-electron chi connectivity index (χ3n) is 3.06. The van der Waals surface area contributed by atoms with Gasteiger partial charge in [0.2, 0.25) is 0 Å². The van der Waals surface area contributed by atoms with E-state index in [4.69, 9.17) is 16.3 Å². The van der Waals surface area contributed by atoms with E-state index >= 15 is 0 Å². The van der Waals surface area contributed by atoms with Gasteiger partial charge in [-0.2, -0.15) is 0 Å². The molecule has 6 heteroatoms. The van der Waals surface area contributed by atoms with Crippen molar-refractivity contribution in [3.8, 4) is 0 Å². The summed E-state index contributed by atoms with van der Waals surface area (Å²) in [4.78, 5) is 4.23. The van der Waals surface area contributed by atoms with Crippen molar-refractivity contribution in [2.75, 3.05) is 31.6 Å². The molecule has 2 rings (SSSR count). The molecule has 0 bridgehead atoms. The Balaban J connectivity index is 1.61. The highest BCUT2D eigenvalue weighted by atomic mass is 79.9. The highest BCUT2D eigenvalue weighted by molar-refractivity contribution is 9.10. The molecule has 0 spiro atoms. The van der Waals surface area contributed by atoms with Crippen LogP contribution < -0.4 is 10.6 Å². The molecule has 0 radical (unpaired) electrons. The van der Waals surface area contributed by atoms with Crippen molar-refractivity contribution < 1.29 is 4.74 Å². The monoisotopic (exact) mass is 347 g/mol. The number of hydrogen-bond acceptors (Lipinski definition) is 4. The van der Waals surface area contributed by atoms with Crippen LogP contribution in [-0.2, 0) is 4.74 Å². The van der Waals surface area contributed by atoms with Gasteiger partial charge in [-0.1, -0.05) is 11.6 Å². The lowest BCUT2D eigenvalue weighted by atomic mass is 10.1. The standard InChI is InChI=1S/C13H19BrClN3O/c14-12-8-10(15)9-18-13(12)17-4-1-7-19-11-2-5-16-6-3-11/h8-9,11,16H,1-7H2,(H,17,18). The zero-order valence-electron chi connectivity index (χ0n) is 10.8. The van der Waals surface area contributed by atoms with Gasteiger partial charge in [0.05, 0.1) is 15.6 Å². The van der Waals surface area contributed by atoms with Crippen molar-refractivity contribution in [2.24, 2.45) is 0 Å². The number of halogens is 2. The third kappa shape index (κ3) is 5.26. The second-order valence-corrected chi connectivity index (χ2v) is 5.88. The van der Waals surface area contributed by atoms with Crippen LogP contribution in [0.5, 0.6) is 0 Å². The summed E-state index contributed by atoms with van der Waals surface area (Å²) in [6.07, 6.45) is 5.29. The van der Waals surface area contributed by atoms with E-state index in [0.717, 1.165) is 55.8 Å². The Labute approximate surface area is 127 Å². The fraction of sp³-hybridized carbons (Fsp3) is 0.615. The summed E-state index contributed by atoms with van der Waals surface area (Å²) in [7, 11) is 0. The number of nitrogens with one attached hydrogen (secondary N) is 2. The number of rotatable bonds is 6. The van der Waals surface area contributed by atoms with Crippen LogP contribution in [0.15, 0.2) is 16.7 Å². The van der Waals surface area contributed by atoms with Crippen LogP contribution in [0.1, 0.15) is 19.3 Å². The Morgan fingerprint density at radius 2 is 2.26 bits per heavy atom. The molecule has 0 saturated carbocycles. The number of anilines is 1. The van der Waals surface area contributed by atoms with Gasteiger partial charge in [-0.15, -0.1) is 0 Å². The maximum Gasteiger partial charge on any atom is 0.140 e. The van der Waals surface area contributed by atoms with E-state index in [0.29, 0.717) is 11.1 Å². The van der Waals surface area contributed by atoms with Gasteiger partial charge < -0.3 is 15.4 Å². The first kappa shape index (κ1) is 15.0. The van der Waals surface area contributed by atoms with Crippen LogP contribution in [-0.4, -0.2) is 37.3 Å². The molecule has 0 aliphatic carbocycles. The Hall–Kier alpha value is -0.360. The molecular weight excluding hydrogens is 330 g/mol. The molecule has 1 aromatic rings. The molecule has 19 heavy (non-hydrogen) atoms. The van der Waals surface area contributed by atoms with E-state index in [2.05, 4.69) is 31.5 Å². The molecule has 106 valence electrons. The van der Waals surface area contributed by atoms with Crippen molar-refractivity contribution in [3.63, 3.8) is 0 Å². The number of ether oxygens (including phenoxy) is 1. The van der Waals surface area contributed by atoms with E-state index in [1.54, 1.807) is 6.20 Å². The zero-order valence-corrected chi connectivity index (χ0v) is 13.1. The average molecular weight is 349 g/mol. The maximum atomic E-state index is 5.84. The highest BCUT2D eigenvalue weighted by Gasteiger charge is 2.12. The minimum Gasteiger partial charge on any atom is -0.378 e. The van der Waals surface area contributed by atoms with Gasteiger partial charge in [-0.05, 0) is 54.3 Å². The van der Waals surface area contributed by atoms with Gasteiger partial charge >= 0.3 is 0 Å². The lowest BCUT2D eigenvalue weighted by Gasteiger charge is -2.22. The van der Waals surface area contributed by atoms with Crippen LogP contribution >= 0.6 is 27.5 Å². The average Bonchev–Trinajstić information content (AvgIpc) is 2.42. The SMILES string of the molecule is Clc1cnc(NCCCOC2CCNCC2)c(Br)c1. The van der Waals surface area contributed by atoms with Crippen LogP contribution in [0.25, 0.3) is 0 Å². The van der Waals surface area contributed by atoms with E-state index in [1.807, 2.05) is 6.07 Å². The molecule has 2 heterocycles. The summed E-state index contributed by atoms with van der Waals surface area (Å²) in [6.45, 7) is 3.79. The molecule has 0 atom stereocenters. The Morgan fingerprint density at radius 1 is 1.47 bits per heavy atom. The molecular formula is C13H19BrClN3O. The zero-order chi connectivity index (χ0) is 13.5. The fourth-order valence-electron chi connectivity index (χ4n) is 2.04. The van der Waals surface area contributed by atoms with Crippen molar-refractivity contribution in [2.45, 2.75) is 25.4 Å². The number of hydrogen-bond donors (Lipinski definition) is 2. The maximum absolute atomic E-state index is 5.84. The Kier molecular flexibility index (Phi) is 6.37. The molecule has 0 unspecified atom stereocenters. The summed E-state index contributed by atoms with van der Waals surface area (Å²) in [5.41, 5.74) is 0. The predicted molar refractivity (Wildman–Crippen MR) is 81.9 cm³/mol. The second-order valence-electron chi connectivity index (χ2n) is 4.58. The minimum absolute atomic E-state index is 0.432. The summed E-state index contributed by atoms with van der Waals surface area (Å²) in [5.74, 6) is 0.825. The predicted octanol–water partition coefficient (Wildman–Crippen LogP) is 3.07. The van der Waals surface area contributed by atoms with Gasteiger partial charge in [0, 0.05) is 19.3 Å². The molecule has 1 aliphatic heterocycles. The Morgan fingerprint density at radius 3 is 3.00 bits per heavy atom. The molecule has 1 saturated heterocycles. The van der Waals surface area contributed by atoms with Gasteiger partial charge in [0.1, 0.15) is 5.82 Å². The van der Waals surface area contributed by atoms with E-state index in [9.17, 15) is 0 Å². The largest absolute Gasteiger partial charge is 0.378 e. The Bertz CT molecular complexity index is 399. The molecule has 1 aromatic heterocycles. The van der Waals surface area contributed by atoms with Crippen LogP contribution in [0, 0.1) is 0 Å². The van der Waals surface area contributed by atoms with E-state index in [-0.39, 0.29) is 0 Å². The van der Waals surface area contributed by atoms with E-state index < -0.39 is 0 Å². The van der Waals surface area contributed by atoms with Crippen molar-refractivity contribution in [1.29, 1.82) is 0 Å². The first-order valence-electron chi connectivity index (χ1n) is 6.63. The molecule has 2 N–H and O–H groups in total. The van der Waals surface area contributed by atoms with Crippen molar-refractivity contribution >= 4 is 33.3 Å². The van der Waals surface area contributed by atoms with Crippen LogP contribution in [0.2, 0.25) is 5.02 Å². The smallest absolute Gasteiger partial charge is 0.140 e. The van der Waals surface area contributed by atoms with Crippen molar-refractivity contribution in [3.05, 3.63) is 21.8 Å². The number of nitrogens with zero attached hydrogens (tertiary/aromatic N) is 1. The number of piperidine rings is 1. The fourth-order valence-corrected chi connectivity index (χ4v) is 2.81. The van der Waals surface area contributed by atoms with Gasteiger partial charge in [-0.25, -0.2) is 4.98 Å². The highest BCUT2D eigenvalue weighted by Crippen LogP contribution is 2.22. The van der Waals surface area contributed by atoms with Gasteiger partial charge in [0.15, 0.2) is 0 Å². The van der Waals surface area contributed by atoms with Crippen LogP contribution in [0.3, 0.4) is 0 Å². The van der Waals surface area contributed by atoms with Gasteiger partial charge in [0.25, 0.3) is 0 Å². The summed E-state index contributed by atoms with van der Waals surface area (Å²) < 4.78 is 6.73. The summed E-state index contributed by atoms with van der Waals surface area (Å²) in [5, 5.41) is 7.23. The summed E-state index contributed by atoms with van der Waals surface area (Å²) in [6, 6.07) is 1.84. The van der Waals surface area contributed by atoms with E-state index in [1.165, 1.54) is 0 Å². The van der Waals surface area contributed by atoms with Gasteiger partial charge in [-0.3, -0.25) is 0 Å².